The summed E-state index contributed by atoms with van der Waals surface area (Å²) in [4.78, 5) is 2.40. The molecule has 0 aliphatic carbocycles. The molecule has 0 radical (unpaired) electrons. The Hall–Kier alpha value is -2.08. The second-order valence-electron chi connectivity index (χ2n) is 6.03. The van der Waals surface area contributed by atoms with Gasteiger partial charge in [0.2, 0.25) is 0 Å². The predicted octanol–water partition coefficient (Wildman–Crippen LogP) is 2.68. The molecule has 6 heteroatoms. The third-order valence-electron chi connectivity index (χ3n) is 4.27. The topological polar surface area (TPSA) is 60.6 Å². The SMILES string of the molecule is COc1ccc(OCC2CCCN(Cc3nonc3C)C2)cc1. The number of methoxy groups -OCH3 is 1. The highest BCUT2D eigenvalue weighted by molar-refractivity contribution is 5.31. The number of benzene rings is 1. The van der Waals surface area contributed by atoms with Gasteiger partial charge >= 0.3 is 0 Å². The number of aromatic nitrogens is 2. The summed E-state index contributed by atoms with van der Waals surface area (Å²) in [5.41, 5.74) is 1.81. The lowest BCUT2D eigenvalue weighted by molar-refractivity contribution is 0.122. The molecular weight excluding hydrogens is 294 g/mol. The molecule has 1 unspecified atom stereocenters. The van der Waals surface area contributed by atoms with E-state index in [1.165, 1.54) is 12.8 Å². The lowest BCUT2D eigenvalue weighted by Crippen LogP contribution is -2.37. The van der Waals surface area contributed by atoms with Crippen LogP contribution in [0.1, 0.15) is 24.2 Å². The molecule has 1 saturated heterocycles. The Balaban J connectivity index is 1.49. The van der Waals surface area contributed by atoms with Gasteiger partial charge in [-0.25, -0.2) is 4.63 Å². The Labute approximate surface area is 136 Å². The molecule has 1 aliphatic heterocycles. The molecule has 1 fully saturated rings. The third kappa shape index (κ3) is 4.22. The average molecular weight is 317 g/mol. The number of aryl methyl sites for hydroxylation is 1. The van der Waals surface area contributed by atoms with Crippen LogP contribution >= 0.6 is 0 Å². The zero-order valence-electron chi connectivity index (χ0n) is 13.7. The number of piperidine rings is 1. The van der Waals surface area contributed by atoms with Crippen LogP contribution in [0.4, 0.5) is 0 Å². The first-order valence-electron chi connectivity index (χ1n) is 8.02. The summed E-state index contributed by atoms with van der Waals surface area (Å²) in [6, 6.07) is 7.74. The third-order valence-corrected chi connectivity index (χ3v) is 4.27. The normalized spacial score (nSPS) is 18.8. The van der Waals surface area contributed by atoms with Gasteiger partial charge in [-0.1, -0.05) is 10.3 Å². The van der Waals surface area contributed by atoms with Gasteiger partial charge in [0.25, 0.3) is 0 Å². The van der Waals surface area contributed by atoms with Crippen LogP contribution in [0.5, 0.6) is 11.5 Å². The van der Waals surface area contributed by atoms with Crippen molar-refractivity contribution in [3.63, 3.8) is 0 Å². The van der Waals surface area contributed by atoms with Gasteiger partial charge in [0, 0.05) is 19.0 Å². The number of ether oxygens (including phenoxy) is 2. The predicted molar refractivity (Wildman–Crippen MR) is 85.5 cm³/mol. The molecule has 2 aromatic rings. The number of nitrogens with zero attached hydrogens (tertiary/aromatic N) is 3. The van der Waals surface area contributed by atoms with E-state index in [1.807, 2.05) is 31.2 Å². The van der Waals surface area contributed by atoms with Gasteiger partial charge in [0.1, 0.15) is 22.9 Å². The van der Waals surface area contributed by atoms with Crippen molar-refractivity contribution >= 4 is 0 Å². The summed E-state index contributed by atoms with van der Waals surface area (Å²) in [6.07, 6.45) is 2.38. The summed E-state index contributed by atoms with van der Waals surface area (Å²) in [6.45, 7) is 5.57. The Morgan fingerprint density at radius 3 is 2.70 bits per heavy atom. The monoisotopic (exact) mass is 317 g/mol. The molecule has 1 aromatic carbocycles. The molecule has 2 heterocycles. The Kier molecular flexibility index (Phi) is 5.12. The van der Waals surface area contributed by atoms with Gasteiger partial charge in [0.15, 0.2) is 0 Å². The van der Waals surface area contributed by atoms with Gasteiger partial charge in [-0.2, -0.15) is 0 Å². The molecule has 6 nitrogen and oxygen atoms in total. The number of likely N-dealkylation sites (tertiary alicyclic amines) is 1. The summed E-state index contributed by atoms with van der Waals surface area (Å²) >= 11 is 0. The molecule has 0 bridgehead atoms. The minimum atomic E-state index is 0.533. The van der Waals surface area contributed by atoms with E-state index in [0.29, 0.717) is 5.92 Å². The maximum atomic E-state index is 5.92. The summed E-state index contributed by atoms with van der Waals surface area (Å²) in [7, 11) is 1.67. The highest BCUT2D eigenvalue weighted by Gasteiger charge is 2.22. The minimum Gasteiger partial charge on any atom is -0.497 e. The van der Waals surface area contributed by atoms with Gasteiger partial charge < -0.3 is 9.47 Å². The lowest BCUT2D eigenvalue weighted by Gasteiger charge is -2.32. The maximum Gasteiger partial charge on any atom is 0.122 e. The first-order chi connectivity index (χ1) is 11.2. The molecular formula is C17H23N3O3. The van der Waals surface area contributed by atoms with E-state index in [4.69, 9.17) is 14.1 Å². The van der Waals surface area contributed by atoms with E-state index in [-0.39, 0.29) is 0 Å². The van der Waals surface area contributed by atoms with E-state index in [9.17, 15) is 0 Å². The Morgan fingerprint density at radius 1 is 1.22 bits per heavy atom. The standard InChI is InChI=1S/C17H23N3O3/c1-13-17(19-23-18-13)11-20-9-3-4-14(10-20)12-22-16-7-5-15(21-2)6-8-16/h5-8,14H,3-4,9-12H2,1-2H3. The fourth-order valence-corrected chi connectivity index (χ4v) is 2.92. The average Bonchev–Trinajstić information content (AvgIpc) is 2.99. The molecule has 0 saturated carbocycles. The van der Waals surface area contributed by atoms with Gasteiger partial charge in [-0.05, 0) is 50.6 Å². The Bertz CT molecular complexity index is 612. The van der Waals surface area contributed by atoms with E-state index in [1.54, 1.807) is 7.11 Å². The number of rotatable bonds is 6. The highest BCUT2D eigenvalue weighted by atomic mass is 16.6. The van der Waals surface area contributed by atoms with E-state index >= 15 is 0 Å². The van der Waals surface area contributed by atoms with Crippen molar-refractivity contribution in [3.8, 4) is 11.5 Å². The summed E-state index contributed by atoms with van der Waals surface area (Å²) < 4.78 is 15.9. The Morgan fingerprint density at radius 2 is 2.00 bits per heavy atom. The van der Waals surface area contributed by atoms with Crippen LogP contribution in [0.2, 0.25) is 0 Å². The van der Waals surface area contributed by atoms with E-state index < -0.39 is 0 Å². The van der Waals surface area contributed by atoms with Crippen molar-refractivity contribution in [1.29, 1.82) is 0 Å². The largest absolute Gasteiger partial charge is 0.497 e. The van der Waals surface area contributed by atoms with Crippen LogP contribution in [0.3, 0.4) is 0 Å². The van der Waals surface area contributed by atoms with Crippen LogP contribution in [-0.4, -0.2) is 42.0 Å². The lowest BCUT2D eigenvalue weighted by atomic mass is 9.99. The van der Waals surface area contributed by atoms with Crippen molar-refractivity contribution in [3.05, 3.63) is 35.7 Å². The quantitative estimate of drug-likeness (QED) is 0.816. The van der Waals surface area contributed by atoms with Crippen LogP contribution in [0.25, 0.3) is 0 Å². The molecule has 23 heavy (non-hydrogen) atoms. The van der Waals surface area contributed by atoms with Gasteiger partial charge in [-0.3, -0.25) is 4.90 Å². The van der Waals surface area contributed by atoms with Crippen LogP contribution in [0, 0.1) is 12.8 Å². The molecule has 0 spiro atoms. The van der Waals surface area contributed by atoms with Crippen molar-refractivity contribution in [2.24, 2.45) is 5.92 Å². The van der Waals surface area contributed by atoms with E-state index in [0.717, 1.165) is 49.1 Å². The molecule has 3 rings (SSSR count). The maximum absolute atomic E-state index is 5.92. The fourth-order valence-electron chi connectivity index (χ4n) is 2.92. The van der Waals surface area contributed by atoms with Crippen molar-refractivity contribution in [2.45, 2.75) is 26.3 Å². The first-order valence-corrected chi connectivity index (χ1v) is 8.02. The smallest absolute Gasteiger partial charge is 0.122 e. The molecule has 124 valence electrons. The number of hydrogen-bond acceptors (Lipinski definition) is 6. The van der Waals surface area contributed by atoms with Crippen LogP contribution in [0.15, 0.2) is 28.9 Å². The van der Waals surface area contributed by atoms with Crippen LogP contribution < -0.4 is 9.47 Å². The van der Waals surface area contributed by atoms with Crippen molar-refractivity contribution < 1.29 is 14.1 Å². The molecule has 0 N–H and O–H groups in total. The highest BCUT2D eigenvalue weighted by Crippen LogP contribution is 2.22. The molecule has 1 aromatic heterocycles. The van der Waals surface area contributed by atoms with Crippen molar-refractivity contribution in [2.75, 3.05) is 26.8 Å². The minimum absolute atomic E-state index is 0.533. The zero-order chi connectivity index (χ0) is 16.1. The summed E-state index contributed by atoms with van der Waals surface area (Å²) in [5.74, 6) is 2.27. The first kappa shape index (κ1) is 15.8. The molecule has 0 amide bonds. The zero-order valence-corrected chi connectivity index (χ0v) is 13.7. The van der Waals surface area contributed by atoms with E-state index in [2.05, 4.69) is 15.2 Å². The second kappa shape index (κ2) is 7.46. The fraction of sp³-hybridized carbons (Fsp3) is 0.529. The molecule has 1 aliphatic rings. The second-order valence-corrected chi connectivity index (χ2v) is 6.03. The van der Waals surface area contributed by atoms with Gasteiger partial charge in [0.05, 0.1) is 13.7 Å². The number of hydrogen-bond donors (Lipinski definition) is 0. The molecule has 1 atom stereocenters. The summed E-state index contributed by atoms with van der Waals surface area (Å²) in [5, 5.41) is 7.82. The van der Waals surface area contributed by atoms with Crippen LogP contribution in [-0.2, 0) is 6.54 Å². The van der Waals surface area contributed by atoms with Gasteiger partial charge in [-0.15, -0.1) is 0 Å². The van der Waals surface area contributed by atoms with Crippen molar-refractivity contribution in [1.82, 2.24) is 15.2 Å².